The highest BCUT2D eigenvalue weighted by Gasteiger charge is 2.14. The van der Waals surface area contributed by atoms with Gasteiger partial charge in [0, 0.05) is 24.8 Å². The van der Waals surface area contributed by atoms with E-state index >= 15 is 0 Å². The number of nitrogens with one attached hydrogen (secondary N) is 1. The monoisotopic (exact) mass is 447 g/mol. The summed E-state index contributed by atoms with van der Waals surface area (Å²) in [5.74, 6) is 0.976. The van der Waals surface area contributed by atoms with Gasteiger partial charge < -0.3 is 26.0 Å². The maximum absolute atomic E-state index is 13.3. The summed E-state index contributed by atoms with van der Waals surface area (Å²) in [6.07, 6.45) is 6.63. The average Bonchev–Trinajstić information content (AvgIpc) is 2.79. The highest BCUT2D eigenvalue weighted by atomic mass is 19.1. The molecule has 2 aromatic heterocycles. The summed E-state index contributed by atoms with van der Waals surface area (Å²) < 4.78 is 18.9. The van der Waals surface area contributed by atoms with Crippen molar-refractivity contribution in [1.29, 1.82) is 0 Å². The van der Waals surface area contributed by atoms with Crippen LogP contribution in [-0.2, 0) is 12.8 Å². The lowest BCUT2D eigenvalue weighted by molar-refractivity contribution is -0.0610. The Morgan fingerprint density at radius 1 is 1.19 bits per heavy atom. The van der Waals surface area contributed by atoms with E-state index in [0.717, 1.165) is 62.9 Å². The van der Waals surface area contributed by atoms with Crippen LogP contribution in [0, 0.1) is 5.82 Å². The number of hydrogen-bond acceptors (Lipinski definition) is 8. The number of anilines is 1. The van der Waals surface area contributed by atoms with Gasteiger partial charge >= 0.3 is 0 Å². The Hall–Kier alpha value is -2.33. The smallest absolute Gasteiger partial charge is 0.166 e. The quantitative estimate of drug-likeness (QED) is 0.271. The van der Waals surface area contributed by atoms with E-state index in [-0.39, 0.29) is 0 Å². The molecule has 3 heterocycles. The summed E-state index contributed by atoms with van der Waals surface area (Å²) in [5, 5.41) is 21.9. The van der Waals surface area contributed by atoms with Gasteiger partial charge in [0.05, 0.1) is 18.4 Å². The molecule has 1 aliphatic heterocycles. The first-order valence-corrected chi connectivity index (χ1v) is 11.3. The maximum atomic E-state index is 13.3. The summed E-state index contributed by atoms with van der Waals surface area (Å²) in [6, 6.07) is 4.90. The number of unbranched alkanes of at least 4 members (excludes halogenated alkanes) is 1. The molecular weight excluding hydrogens is 413 g/mol. The molecule has 1 aliphatic rings. The van der Waals surface area contributed by atoms with Crippen LogP contribution in [0.3, 0.4) is 0 Å². The molecule has 0 radical (unpaired) electrons. The highest BCUT2D eigenvalue weighted by Crippen LogP contribution is 2.20. The van der Waals surface area contributed by atoms with Crippen LogP contribution in [-0.4, -0.2) is 70.2 Å². The molecule has 0 spiro atoms. The molecule has 176 valence electrons. The van der Waals surface area contributed by atoms with E-state index in [1.54, 1.807) is 0 Å². The first kappa shape index (κ1) is 24.3. The fourth-order valence-electron chi connectivity index (χ4n) is 3.73. The van der Waals surface area contributed by atoms with E-state index in [9.17, 15) is 14.6 Å². The zero-order valence-electron chi connectivity index (χ0n) is 18.4. The molecule has 32 heavy (non-hydrogen) atoms. The van der Waals surface area contributed by atoms with Gasteiger partial charge in [-0.25, -0.2) is 9.37 Å². The van der Waals surface area contributed by atoms with E-state index in [0.29, 0.717) is 31.9 Å². The lowest BCUT2D eigenvalue weighted by Gasteiger charge is -2.24. The third kappa shape index (κ3) is 7.98. The van der Waals surface area contributed by atoms with Gasteiger partial charge in [-0.1, -0.05) is 6.07 Å². The van der Waals surface area contributed by atoms with Crippen LogP contribution in [0.4, 0.5) is 10.2 Å². The Kier molecular flexibility index (Phi) is 9.61. The number of fused-ring (bicyclic) bond motifs is 1. The number of ether oxygens (including phenoxy) is 1. The largest absolute Gasteiger partial charge is 0.491 e. The Balaban J connectivity index is 1.44. The van der Waals surface area contributed by atoms with Gasteiger partial charge in [-0.2, -0.15) is 0 Å². The number of aromatic nitrogens is 2. The number of aliphatic hydroxyl groups is 2. The van der Waals surface area contributed by atoms with Crippen LogP contribution in [0.1, 0.15) is 36.9 Å². The van der Waals surface area contributed by atoms with E-state index < -0.39 is 18.1 Å². The van der Waals surface area contributed by atoms with Crippen molar-refractivity contribution in [3.05, 3.63) is 47.7 Å². The van der Waals surface area contributed by atoms with Crippen LogP contribution in [0.2, 0.25) is 0 Å². The summed E-state index contributed by atoms with van der Waals surface area (Å²) in [4.78, 5) is 10.7. The molecule has 0 saturated carbocycles. The third-order valence-electron chi connectivity index (χ3n) is 5.63. The van der Waals surface area contributed by atoms with Gasteiger partial charge in [-0.15, -0.1) is 0 Å². The first-order chi connectivity index (χ1) is 15.5. The van der Waals surface area contributed by atoms with Crippen LogP contribution in [0.25, 0.3) is 0 Å². The Morgan fingerprint density at radius 2 is 2.06 bits per heavy atom. The molecule has 2 aromatic rings. The predicted octanol–water partition coefficient (Wildman–Crippen LogP) is 1.71. The number of pyridine rings is 2. The number of nitrogens with zero attached hydrogens (tertiary/aromatic N) is 3. The van der Waals surface area contributed by atoms with Crippen molar-refractivity contribution in [1.82, 2.24) is 14.9 Å². The molecule has 0 bridgehead atoms. The molecule has 0 aromatic carbocycles. The molecule has 1 atom stereocenters. The summed E-state index contributed by atoms with van der Waals surface area (Å²) in [7, 11) is 0. The number of hydrogen-bond donors (Lipinski definition) is 4. The average molecular weight is 448 g/mol. The second-order valence-corrected chi connectivity index (χ2v) is 8.19. The van der Waals surface area contributed by atoms with Crippen LogP contribution < -0.4 is 15.8 Å². The van der Waals surface area contributed by atoms with Crippen molar-refractivity contribution in [3.63, 3.8) is 0 Å². The normalized spacial score (nSPS) is 14.3. The van der Waals surface area contributed by atoms with Gasteiger partial charge in [-0.05, 0) is 63.2 Å². The number of halogens is 1. The molecule has 5 N–H and O–H groups in total. The van der Waals surface area contributed by atoms with Crippen molar-refractivity contribution in [3.8, 4) is 5.75 Å². The highest BCUT2D eigenvalue weighted by molar-refractivity contribution is 5.46. The van der Waals surface area contributed by atoms with E-state index in [2.05, 4.69) is 27.3 Å². The number of nitrogens with two attached hydrogens (primary N) is 1. The molecule has 0 saturated heterocycles. The standard InChI is InChI=1S/C23H34FN5O3/c24-18-14-20(16-26-15-18)32-13-12-29(11-8-21(25)23(30)31)10-2-1-5-19-7-6-17-4-3-9-27-22(17)28-19/h6-7,14-16,21,23,30-31H,1-5,8-13,25H2,(H,27,28)/t21-/m0/s1. The minimum absolute atomic E-state index is 0.375. The van der Waals surface area contributed by atoms with E-state index in [1.165, 1.54) is 17.8 Å². The number of aliphatic hydroxyl groups excluding tert-OH is 1. The minimum atomic E-state index is -1.53. The molecule has 0 aliphatic carbocycles. The fourth-order valence-corrected chi connectivity index (χ4v) is 3.73. The molecule has 8 nitrogen and oxygen atoms in total. The SMILES string of the molecule is N[C@@H](CCN(CCCCc1ccc2c(n1)NCCC2)CCOc1cncc(F)c1)C(O)O. The molecule has 0 unspecified atom stereocenters. The summed E-state index contributed by atoms with van der Waals surface area (Å²) in [5.41, 5.74) is 8.15. The van der Waals surface area contributed by atoms with Gasteiger partial charge in [-0.3, -0.25) is 9.88 Å². The van der Waals surface area contributed by atoms with Crippen LogP contribution >= 0.6 is 0 Å². The van der Waals surface area contributed by atoms with Crippen molar-refractivity contribution in [2.75, 3.05) is 38.1 Å². The maximum Gasteiger partial charge on any atom is 0.166 e. The molecule has 0 amide bonds. The number of aryl methyl sites for hydroxylation is 2. The molecular formula is C23H34FN5O3. The summed E-state index contributed by atoms with van der Waals surface area (Å²) >= 11 is 0. The van der Waals surface area contributed by atoms with Gasteiger partial charge in [0.15, 0.2) is 6.29 Å². The Morgan fingerprint density at radius 3 is 2.88 bits per heavy atom. The van der Waals surface area contributed by atoms with Gasteiger partial charge in [0.25, 0.3) is 0 Å². The Labute approximate surface area is 188 Å². The first-order valence-electron chi connectivity index (χ1n) is 11.3. The van der Waals surface area contributed by atoms with E-state index in [4.69, 9.17) is 15.5 Å². The zero-order chi connectivity index (χ0) is 22.8. The fraction of sp³-hybridized carbons (Fsp3) is 0.565. The minimum Gasteiger partial charge on any atom is -0.491 e. The molecule has 3 rings (SSSR count). The third-order valence-corrected chi connectivity index (χ3v) is 5.63. The van der Waals surface area contributed by atoms with Crippen molar-refractivity contribution < 1.29 is 19.3 Å². The van der Waals surface area contributed by atoms with E-state index in [1.807, 2.05) is 0 Å². The van der Waals surface area contributed by atoms with Crippen molar-refractivity contribution in [2.45, 2.75) is 50.9 Å². The van der Waals surface area contributed by atoms with Gasteiger partial charge in [0.1, 0.15) is 24.0 Å². The van der Waals surface area contributed by atoms with Crippen LogP contribution in [0.5, 0.6) is 5.75 Å². The topological polar surface area (TPSA) is 117 Å². The summed E-state index contributed by atoms with van der Waals surface area (Å²) in [6.45, 7) is 3.41. The molecule has 0 fully saturated rings. The second-order valence-electron chi connectivity index (χ2n) is 8.19. The molecule has 9 heteroatoms. The second kappa shape index (κ2) is 12.6. The lowest BCUT2D eigenvalue weighted by atomic mass is 10.1. The number of rotatable bonds is 13. The van der Waals surface area contributed by atoms with Crippen molar-refractivity contribution >= 4 is 5.82 Å². The van der Waals surface area contributed by atoms with Crippen molar-refractivity contribution in [2.24, 2.45) is 5.73 Å². The van der Waals surface area contributed by atoms with Gasteiger partial charge in [0.2, 0.25) is 0 Å². The van der Waals surface area contributed by atoms with Crippen LogP contribution in [0.15, 0.2) is 30.6 Å². The predicted molar refractivity (Wildman–Crippen MR) is 121 cm³/mol. The Bertz CT molecular complexity index is 839. The lowest BCUT2D eigenvalue weighted by Crippen LogP contribution is -2.39. The zero-order valence-corrected chi connectivity index (χ0v) is 18.4.